The molecule has 1 aliphatic heterocycles. The number of nitrogens with zero attached hydrogens (tertiary/aromatic N) is 4. The SMILES string of the molecule is O=c1c2ccccc2nc(CN2CCOCC2)n1Cc1nc(-c2cccc(F)c2)cs1. The minimum Gasteiger partial charge on any atom is -0.379 e. The lowest BCUT2D eigenvalue weighted by atomic mass is 10.2. The van der Waals surface area contributed by atoms with Crippen LogP contribution < -0.4 is 5.56 Å². The molecule has 1 saturated heterocycles. The molecule has 0 amide bonds. The molecular weight excluding hydrogens is 415 g/mol. The highest BCUT2D eigenvalue weighted by atomic mass is 32.1. The van der Waals surface area contributed by atoms with Crippen LogP contribution in [0.25, 0.3) is 22.2 Å². The number of hydrogen-bond acceptors (Lipinski definition) is 6. The van der Waals surface area contributed by atoms with Gasteiger partial charge in [0.15, 0.2) is 0 Å². The highest BCUT2D eigenvalue weighted by Gasteiger charge is 2.18. The summed E-state index contributed by atoms with van der Waals surface area (Å²) in [6.45, 7) is 3.89. The van der Waals surface area contributed by atoms with Crippen molar-refractivity contribution in [2.24, 2.45) is 0 Å². The Morgan fingerprint density at radius 2 is 1.87 bits per heavy atom. The first kappa shape index (κ1) is 20.0. The van der Waals surface area contributed by atoms with Crippen LogP contribution >= 0.6 is 11.3 Å². The van der Waals surface area contributed by atoms with Crippen LogP contribution in [0.4, 0.5) is 4.39 Å². The summed E-state index contributed by atoms with van der Waals surface area (Å²) >= 11 is 1.46. The molecule has 6 nitrogen and oxygen atoms in total. The van der Waals surface area contributed by atoms with Crippen LogP contribution in [-0.4, -0.2) is 45.7 Å². The molecule has 31 heavy (non-hydrogen) atoms. The van der Waals surface area contributed by atoms with E-state index in [1.165, 1.54) is 23.5 Å². The Labute approximate surface area is 182 Å². The van der Waals surface area contributed by atoms with Crippen molar-refractivity contribution in [2.75, 3.05) is 26.3 Å². The Kier molecular flexibility index (Phi) is 5.59. The van der Waals surface area contributed by atoms with Crippen molar-refractivity contribution in [1.82, 2.24) is 19.4 Å². The Bertz CT molecular complexity index is 1280. The fraction of sp³-hybridized carbons (Fsp3) is 0.261. The zero-order valence-electron chi connectivity index (χ0n) is 16.8. The van der Waals surface area contributed by atoms with E-state index >= 15 is 0 Å². The van der Waals surface area contributed by atoms with Crippen LogP contribution in [0.1, 0.15) is 10.8 Å². The molecule has 2 aromatic heterocycles. The minimum absolute atomic E-state index is 0.0728. The van der Waals surface area contributed by atoms with Crippen molar-refractivity contribution in [2.45, 2.75) is 13.1 Å². The van der Waals surface area contributed by atoms with Crippen molar-refractivity contribution in [1.29, 1.82) is 0 Å². The van der Waals surface area contributed by atoms with E-state index in [1.54, 1.807) is 16.7 Å². The van der Waals surface area contributed by atoms with Gasteiger partial charge in [-0.3, -0.25) is 14.3 Å². The molecular formula is C23H21FN4O2S. The summed E-state index contributed by atoms with van der Waals surface area (Å²) in [5.41, 5.74) is 2.05. The van der Waals surface area contributed by atoms with Gasteiger partial charge in [0.1, 0.15) is 16.6 Å². The van der Waals surface area contributed by atoms with Gasteiger partial charge in [0, 0.05) is 24.0 Å². The molecule has 0 saturated carbocycles. The number of morpholine rings is 1. The molecule has 1 aliphatic rings. The molecule has 0 aliphatic carbocycles. The van der Waals surface area contributed by atoms with Gasteiger partial charge in [0.25, 0.3) is 5.56 Å². The second kappa shape index (κ2) is 8.66. The Morgan fingerprint density at radius 3 is 2.71 bits per heavy atom. The molecule has 2 aromatic carbocycles. The van der Waals surface area contributed by atoms with Crippen molar-refractivity contribution in [3.63, 3.8) is 0 Å². The van der Waals surface area contributed by atoms with Crippen molar-refractivity contribution in [3.05, 3.63) is 80.9 Å². The van der Waals surface area contributed by atoms with Gasteiger partial charge in [0.05, 0.1) is 42.9 Å². The molecule has 1 fully saturated rings. The number of thiazole rings is 1. The zero-order chi connectivity index (χ0) is 21.2. The van der Waals surface area contributed by atoms with Gasteiger partial charge in [-0.1, -0.05) is 24.3 Å². The number of fused-ring (bicyclic) bond motifs is 1. The molecule has 0 spiro atoms. The largest absolute Gasteiger partial charge is 0.379 e. The molecule has 4 aromatic rings. The van der Waals surface area contributed by atoms with Gasteiger partial charge in [0.2, 0.25) is 0 Å². The normalized spacial score (nSPS) is 14.9. The maximum absolute atomic E-state index is 13.6. The Balaban J connectivity index is 1.51. The molecule has 5 rings (SSSR count). The van der Waals surface area contributed by atoms with Gasteiger partial charge in [-0.05, 0) is 24.3 Å². The summed E-state index contributed by atoms with van der Waals surface area (Å²) in [6, 6.07) is 13.8. The van der Waals surface area contributed by atoms with Crippen LogP contribution in [0, 0.1) is 5.82 Å². The lowest BCUT2D eigenvalue weighted by molar-refractivity contribution is 0.0325. The summed E-state index contributed by atoms with van der Waals surface area (Å²) in [5.74, 6) is 0.419. The fourth-order valence-electron chi connectivity index (χ4n) is 3.76. The number of para-hydroxylation sites is 1. The van der Waals surface area contributed by atoms with E-state index in [9.17, 15) is 9.18 Å². The maximum atomic E-state index is 13.6. The van der Waals surface area contributed by atoms with Crippen LogP contribution in [0.15, 0.2) is 58.7 Å². The first-order valence-electron chi connectivity index (χ1n) is 10.2. The lowest BCUT2D eigenvalue weighted by Crippen LogP contribution is -2.38. The van der Waals surface area contributed by atoms with Crippen molar-refractivity contribution < 1.29 is 9.13 Å². The monoisotopic (exact) mass is 436 g/mol. The van der Waals surface area contributed by atoms with Crippen molar-refractivity contribution in [3.8, 4) is 11.3 Å². The summed E-state index contributed by atoms with van der Waals surface area (Å²) in [4.78, 5) is 25.0. The number of ether oxygens (including phenoxy) is 1. The molecule has 8 heteroatoms. The molecule has 3 heterocycles. The molecule has 0 unspecified atom stereocenters. The highest BCUT2D eigenvalue weighted by Crippen LogP contribution is 2.23. The lowest BCUT2D eigenvalue weighted by Gasteiger charge is -2.27. The first-order chi connectivity index (χ1) is 15.2. The summed E-state index contributed by atoms with van der Waals surface area (Å²) in [5, 5.41) is 3.27. The van der Waals surface area contributed by atoms with Gasteiger partial charge >= 0.3 is 0 Å². The number of hydrogen-bond donors (Lipinski definition) is 0. The zero-order valence-corrected chi connectivity index (χ0v) is 17.6. The Hall–Kier alpha value is -2.94. The quantitative estimate of drug-likeness (QED) is 0.479. The molecule has 158 valence electrons. The maximum Gasteiger partial charge on any atom is 0.261 e. The summed E-state index contributed by atoms with van der Waals surface area (Å²) in [6.07, 6.45) is 0. The number of halogens is 1. The van der Waals surface area contributed by atoms with E-state index in [0.717, 1.165) is 23.7 Å². The van der Waals surface area contributed by atoms with Gasteiger partial charge in [-0.2, -0.15) is 0 Å². The van der Waals surface area contributed by atoms with E-state index in [2.05, 4.69) is 9.88 Å². The summed E-state index contributed by atoms with van der Waals surface area (Å²) in [7, 11) is 0. The first-order valence-corrected chi connectivity index (χ1v) is 11.0. The van der Waals surface area contributed by atoms with Crippen LogP contribution in [-0.2, 0) is 17.8 Å². The van der Waals surface area contributed by atoms with Crippen molar-refractivity contribution >= 4 is 22.2 Å². The second-order valence-corrected chi connectivity index (χ2v) is 8.40. The third kappa shape index (κ3) is 4.27. The standard InChI is InChI=1S/C23H21FN4O2S/c24-17-5-3-4-16(12-17)20-15-31-22(26-20)14-28-21(13-27-8-10-30-11-9-27)25-19-7-2-1-6-18(19)23(28)29/h1-7,12,15H,8-11,13-14H2. The molecule has 0 N–H and O–H groups in total. The number of aromatic nitrogens is 3. The van der Waals surface area contributed by atoms with Crippen LogP contribution in [0.2, 0.25) is 0 Å². The second-order valence-electron chi connectivity index (χ2n) is 7.46. The van der Waals surface area contributed by atoms with Crippen LogP contribution in [0.3, 0.4) is 0 Å². The van der Waals surface area contributed by atoms with E-state index in [-0.39, 0.29) is 11.4 Å². The molecule has 0 radical (unpaired) electrons. The van der Waals surface area contributed by atoms with Gasteiger partial charge < -0.3 is 4.74 Å². The fourth-order valence-corrected chi connectivity index (χ4v) is 4.55. The van der Waals surface area contributed by atoms with Gasteiger partial charge in [-0.15, -0.1) is 11.3 Å². The average Bonchev–Trinajstić information content (AvgIpc) is 3.26. The van der Waals surface area contributed by atoms with Gasteiger partial charge in [-0.25, -0.2) is 14.4 Å². The summed E-state index contributed by atoms with van der Waals surface area (Å²) < 4.78 is 20.8. The predicted octanol–water partition coefficient (Wildman–Crippen LogP) is 3.54. The van der Waals surface area contributed by atoms with E-state index in [1.807, 2.05) is 29.6 Å². The third-order valence-corrected chi connectivity index (χ3v) is 6.21. The topological polar surface area (TPSA) is 60.3 Å². The van der Waals surface area contributed by atoms with E-state index in [0.29, 0.717) is 48.7 Å². The Morgan fingerprint density at radius 1 is 1.03 bits per heavy atom. The highest BCUT2D eigenvalue weighted by molar-refractivity contribution is 7.09. The smallest absolute Gasteiger partial charge is 0.261 e. The average molecular weight is 437 g/mol. The number of benzene rings is 2. The van der Waals surface area contributed by atoms with Crippen LogP contribution in [0.5, 0.6) is 0 Å². The minimum atomic E-state index is -0.296. The third-order valence-electron chi connectivity index (χ3n) is 5.37. The molecule has 0 bridgehead atoms. The molecule has 0 atom stereocenters. The van der Waals surface area contributed by atoms with E-state index in [4.69, 9.17) is 9.72 Å². The number of rotatable bonds is 5. The predicted molar refractivity (Wildman–Crippen MR) is 119 cm³/mol. The van der Waals surface area contributed by atoms with E-state index < -0.39 is 0 Å².